The average Bonchev–Trinajstić information content (AvgIpc) is 2.98. The summed E-state index contributed by atoms with van der Waals surface area (Å²) in [5.74, 6) is 1.32. The first kappa shape index (κ1) is 26.4. The molecule has 0 fully saturated rings. The van der Waals surface area contributed by atoms with Gasteiger partial charge in [0, 0.05) is 18.7 Å². The fourth-order valence-corrected chi connectivity index (χ4v) is 2.59. The molecule has 0 bridgehead atoms. The molecule has 0 saturated carbocycles. The van der Waals surface area contributed by atoms with Crippen molar-refractivity contribution in [1.29, 1.82) is 0 Å². The third-order valence-electron chi connectivity index (χ3n) is 3.77. The number of anilines is 1. The van der Waals surface area contributed by atoms with Gasteiger partial charge in [0.15, 0.2) is 0 Å². The second-order valence-corrected chi connectivity index (χ2v) is 7.07. The molecule has 160 valence electrons. The molecule has 3 nitrogen and oxygen atoms in total. The van der Waals surface area contributed by atoms with Crippen LogP contribution in [0.3, 0.4) is 0 Å². The van der Waals surface area contributed by atoms with E-state index in [1.54, 1.807) is 0 Å². The molecule has 0 spiro atoms. The summed E-state index contributed by atoms with van der Waals surface area (Å²) in [5.41, 5.74) is 3.39. The van der Waals surface area contributed by atoms with Crippen LogP contribution in [0.1, 0.15) is 61.0 Å². The first-order valence-electron chi connectivity index (χ1n) is 10.8. The van der Waals surface area contributed by atoms with Crippen LogP contribution < -0.4 is 16.0 Å². The van der Waals surface area contributed by atoms with Crippen LogP contribution in [0.15, 0.2) is 54.3 Å². The summed E-state index contributed by atoms with van der Waals surface area (Å²) in [5, 5.41) is 5.22. The summed E-state index contributed by atoms with van der Waals surface area (Å²) < 4.78 is 2.14. The molecule has 0 aliphatic heterocycles. The van der Waals surface area contributed by atoms with Crippen LogP contribution in [0.5, 0.6) is 0 Å². The highest BCUT2D eigenvalue weighted by atomic mass is 15.2. The van der Waals surface area contributed by atoms with Crippen molar-refractivity contribution in [2.45, 2.75) is 68.4 Å². The van der Waals surface area contributed by atoms with E-state index < -0.39 is 0 Å². The van der Waals surface area contributed by atoms with Crippen LogP contribution >= 0.6 is 0 Å². The molecule has 0 saturated heterocycles. The molecular weight excluding hydrogens is 354 g/mol. The van der Waals surface area contributed by atoms with Gasteiger partial charge in [-0.3, -0.25) is 0 Å². The zero-order chi connectivity index (χ0) is 22.4. The number of nitrogens with zero attached hydrogens (tertiary/aromatic N) is 2. The van der Waals surface area contributed by atoms with E-state index in [1.165, 1.54) is 11.1 Å². The molecule has 0 atom stereocenters. The minimum Gasteiger partial charge on any atom is -0.330 e. The van der Waals surface area contributed by atoms with Crippen LogP contribution in [0.4, 0.5) is 5.95 Å². The minimum absolute atomic E-state index is 0.508. The molecule has 1 aromatic heterocycles. The third-order valence-corrected chi connectivity index (χ3v) is 3.77. The van der Waals surface area contributed by atoms with Crippen LogP contribution in [0.2, 0.25) is 0 Å². The van der Waals surface area contributed by atoms with Gasteiger partial charge in [0.2, 0.25) is 5.95 Å². The van der Waals surface area contributed by atoms with E-state index in [0.717, 1.165) is 35.3 Å². The van der Waals surface area contributed by atoms with Crippen LogP contribution in [0.25, 0.3) is 12.7 Å². The lowest BCUT2D eigenvalue weighted by Gasteiger charge is -2.13. The Bertz CT molecular complexity index is 851. The van der Waals surface area contributed by atoms with Gasteiger partial charge in [-0.15, -0.1) is 0 Å². The zero-order valence-corrected chi connectivity index (χ0v) is 19.8. The Morgan fingerprint density at radius 2 is 1.69 bits per heavy atom. The first-order valence-corrected chi connectivity index (χ1v) is 10.8. The van der Waals surface area contributed by atoms with Gasteiger partial charge < -0.3 is 9.88 Å². The Labute approximate surface area is 178 Å². The summed E-state index contributed by atoms with van der Waals surface area (Å²) in [6.07, 6.45) is 4.87. The highest BCUT2D eigenvalue weighted by Crippen LogP contribution is 2.10. The first-order chi connectivity index (χ1) is 13.9. The lowest BCUT2D eigenvalue weighted by molar-refractivity contribution is 0.519. The van der Waals surface area contributed by atoms with E-state index >= 15 is 0 Å². The van der Waals surface area contributed by atoms with Gasteiger partial charge in [-0.1, -0.05) is 96.7 Å². The van der Waals surface area contributed by atoms with E-state index in [9.17, 15) is 0 Å². The van der Waals surface area contributed by atoms with E-state index in [1.807, 2.05) is 52.0 Å². The van der Waals surface area contributed by atoms with Crippen molar-refractivity contribution in [3.63, 3.8) is 0 Å². The Kier molecular flexibility index (Phi) is 13.2. The maximum absolute atomic E-state index is 4.74. The molecule has 0 aliphatic rings. The Morgan fingerprint density at radius 3 is 2.21 bits per heavy atom. The smallest absolute Gasteiger partial charge is 0.208 e. The van der Waals surface area contributed by atoms with Gasteiger partial charge in [-0.2, -0.15) is 0 Å². The summed E-state index contributed by atoms with van der Waals surface area (Å²) in [7, 11) is 0. The predicted molar refractivity (Wildman–Crippen MR) is 131 cm³/mol. The van der Waals surface area contributed by atoms with Crippen molar-refractivity contribution < 1.29 is 0 Å². The molecule has 29 heavy (non-hydrogen) atoms. The molecule has 1 N–H and O–H groups in total. The second kappa shape index (κ2) is 14.4. The Morgan fingerprint density at radius 1 is 1.10 bits per heavy atom. The molecule has 3 heteroatoms. The van der Waals surface area contributed by atoms with E-state index in [0.29, 0.717) is 5.92 Å². The predicted octanol–water partition coefficient (Wildman–Crippen LogP) is 5.92. The molecular formula is C26H41N3. The number of aromatic nitrogens is 2. The van der Waals surface area contributed by atoms with Gasteiger partial charge in [0.05, 0.1) is 10.7 Å². The summed E-state index contributed by atoms with van der Waals surface area (Å²) in [4.78, 5) is 4.74. The third kappa shape index (κ3) is 9.47. The van der Waals surface area contributed by atoms with Crippen molar-refractivity contribution in [2.24, 2.45) is 5.92 Å². The Balaban J connectivity index is 0.00000184. The summed E-state index contributed by atoms with van der Waals surface area (Å²) in [6, 6.07) is 10.3. The molecule has 0 amide bonds. The van der Waals surface area contributed by atoms with Crippen molar-refractivity contribution in [3.05, 3.63) is 70.5 Å². The van der Waals surface area contributed by atoms with Crippen molar-refractivity contribution in [1.82, 2.24) is 9.55 Å². The lowest BCUT2D eigenvalue weighted by Crippen LogP contribution is -2.29. The second-order valence-electron chi connectivity index (χ2n) is 7.07. The standard InChI is InChI=1S/C22H29N3.2C2H6/c1-16(2)12-13-21-19(6)25(15-17(3)4)22(24-21)23-18(5)14-20-10-8-7-9-11-20;2*1-2/h7-13,17H,5-6,14-15H2,1-4H3,(H,23,24);2*1-2H3/b21-13+;;. The van der Waals surface area contributed by atoms with Gasteiger partial charge in [-0.05, 0) is 31.4 Å². The van der Waals surface area contributed by atoms with Gasteiger partial charge in [0.25, 0.3) is 0 Å². The van der Waals surface area contributed by atoms with Crippen LogP contribution in [-0.2, 0) is 13.0 Å². The number of benzene rings is 1. The van der Waals surface area contributed by atoms with Gasteiger partial charge in [0.1, 0.15) is 0 Å². The molecule has 0 unspecified atom stereocenters. The maximum atomic E-state index is 4.74. The van der Waals surface area contributed by atoms with Gasteiger partial charge in [-0.25, -0.2) is 4.98 Å². The molecule has 0 aliphatic carbocycles. The number of imidazole rings is 1. The fraction of sp³-hybridized carbons (Fsp3) is 0.423. The zero-order valence-electron chi connectivity index (χ0n) is 19.8. The fourth-order valence-electron chi connectivity index (χ4n) is 2.59. The van der Waals surface area contributed by atoms with Crippen LogP contribution in [-0.4, -0.2) is 9.55 Å². The largest absolute Gasteiger partial charge is 0.330 e. The maximum Gasteiger partial charge on any atom is 0.208 e. The Hall–Kier alpha value is -2.55. The SMILES string of the molecule is C=C(Cc1ccccc1)Nc1n/c(=C/C=C(C)C)c(=C)n1CC(C)C.CC.CC. The molecule has 1 aromatic carbocycles. The summed E-state index contributed by atoms with van der Waals surface area (Å²) in [6.45, 7) is 25.8. The summed E-state index contributed by atoms with van der Waals surface area (Å²) >= 11 is 0. The molecule has 2 aromatic rings. The lowest BCUT2D eigenvalue weighted by atomic mass is 10.1. The normalized spacial score (nSPS) is 10.4. The quantitative estimate of drug-likeness (QED) is 0.631. The van der Waals surface area contributed by atoms with E-state index in [-0.39, 0.29) is 0 Å². The number of rotatable bonds is 7. The monoisotopic (exact) mass is 395 g/mol. The van der Waals surface area contributed by atoms with E-state index in [4.69, 9.17) is 4.98 Å². The number of allylic oxidation sites excluding steroid dienone is 3. The van der Waals surface area contributed by atoms with Gasteiger partial charge >= 0.3 is 0 Å². The molecule has 0 radical (unpaired) electrons. The molecule has 2 rings (SSSR count). The van der Waals surface area contributed by atoms with Crippen molar-refractivity contribution >= 4 is 18.6 Å². The topological polar surface area (TPSA) is 29.9 Å². The van der Waals surface area contributed by atoms with Crippen molar-refractivity contribution in [3.8, 4) is 0 Å². The number of nitrogens with one attached hydrogen (secondary N) is 1. The molecule has 1 heterocycles. The number of hydrogen-bond donors (Lipinski definition) is 1. The highest BCUT2D eigenvalue weighted by Gasteiger charge is 2.09. The average molecular weight is 396 g/mol. The number of hydrogen-bond acceptors (Lipinski definition) is 2. The van der Waals surface area contributed by atoms with E-state index in [2.05, 4.69) is 68.9 Å². The van der Waals surface area contributed by atoms with Crippen LogP contribution in [0, 0.1) is 5.92 Å². The minimum atomic E-state index is 0.508. The highest BCUT2D eigenvalue weighted by molar-refractivity contribution is 5.43. The van der Waals surface area contributed by atoms with Crippen molar-refractivity contribution in [2.75, 3.05) is 5.32 Å².